The summed E-state index contributed by atoms with van der Waals surface area (Å²) in [6.07, 6.45) is 1.52. The lowest BCUT2D eigenvalue weighted by atomic mass is 9.97. The van der Waals surface area contributed by atoms with Gasteiger partial charge in [0.15, 0.2) is 0 Å². The molecule has 0 radical (unpaired) electrons. The number of nitrogens with zero attached hydrogens (tertiary/aromatic N) is 3. The minimum atomic E-state index is -0.681. The molecule has 1 unspecified atom stereocenters. The summed E-state index contributed by atoms with van der Waals surface area (Å²) in [6, 6.07) is 3.28. The predicted octanol–water partition coefficient (Wildman–Crippen LogP) is 2.31. The molecule has 1 fully saturated rings. The summed E-state index contributed by atoms with van der Waals surface area (Å²) in [5.74, 6) is -1.78. The topological polar surface area (TPSA) is 87.2 Å². The molecule has 10 heteroatoms. The Hall–Kier alpha value is -2.62. The van der Waals surface area contributed by atoms with Gasteiger partial charge in [-0.25, -0.2) is 8.78 Å². The van der Waals surface area contributed by atoms with Crippen LogP contribution in [0.1, 0.15) is 25.3 Å². The summed E-state index contributed by atoms with van der Waals surface area (Å²) in [5, 5.41) is 5.88. The van der Waals surface area contributed by atoms with Gasteiger partial charge in [-0.3, -0.25) is 14.9 Å². The number of anilines is 2. The molecule has 0 bridgehead atoms. The van der Waals surface area contributed by atoms with E-state index in [1.54, 1.807) is 0 Å². The average molecular weight is 395 g/mol. The van der Waals surface area contributed by atoms with Gasteiger partial charge >= 0.3 is 0 Å². The largest absolute Gasteiger partial charge is 0.352 e. The van der Waals surface area contributed by atoms with Crippen molar-refractivity contribution in [1.29, 1.82) is 0 Å². The first-order chi connectivity index (χ1) is 12.9. The monoisotopic (exact) mass is 395 g/mol. The standard InChI is InChI=1S/C17H19F2N5O2S/c1-10(25)21-16-22-17(27-23-16)24-6-2-3-12(9-24)15(26)20-8-11-4-5-13(18)7-14(11)19/h4-5,7,12H,2-3,6,8-9H2,1H3,(H,20,26)(H,21,23,25). The lowest BCUT2D eigenvalue weighted by Gasteiger charge is -2.31. The molecule has 1 aromatic heterocycles. The summed E-state index contributed by atoms with van der Waals surface area (Å²) >= 11 is 1.16. The van der Waals surface area contributed by atoms with Crippen molar-refractivity contribution in [3.05, 3.63) is 35.4 Å². The fourth-order valence-electron chi connectivity index (χ4n) is 2.91. The van der Waals surface area contributed by atoms with Gasteiger partial charge in [0.2, 0.25) is 22.9 Å². The van der Waals surface area contributed by atoms with E-state index in [-0.39, 0.29) is 35.8 Å². The van der Waals surface area contributed by atoms with Crippen LogP contribution in [0.4, 0.5) is 19.9 Å². The molecule has 0 saturated carbocycles. The van der Waals surface area contributed by atoms with Gasteiger partial charge in [-0.05, 0) is 18.9 Å². The number of carbonyl (C=O) groups excluding carboxylic acids is 2. The third-order valence-electron chi connectivity index (χ3n) is 4.23. The van der Waals surface area contributed by atoms with Crippen molar-refractivity contribution in [3.8, 4) is 0 Å². The quantitative estimate of drug-likeness (QED) is 0.811. The first-order valence-electron chi connectivity index (χ1n) is 8.50. The van der Waals surface area contributed by atoms with Crippen LogP contribution in [0.2, 0.25) is 0 Å². The lowest BCUT2D eigenvalue weighted by Crippen LogP contribution is -2.43. The molecule has 1 atom stereocenters. The van der Waals surface area contributed by atoms with Crippen LogP contribution in [-0.4, -0.2) is 34.3 Å². The number of piperidine rings is 1. The first-order valence-corrected chi connectivity index (χ1v) is 9.27. The van der Waals surface area contributed by atoms with Crippen LogP contribution < -0.4 is 15.5 Å². The predicted molar refractivity (Wildman–Crippen MR) is 97.4 cm³/mol. The number of hydrogen-bond donors (Lipinski definition) is 2. The van der Waals surface area contributed by atoms with E-state index in [2.05, 4.69) is 20.0 Å². The molecule has 7 nitrogen and oxygen atoms in total. The molecule has 2 amide bonds. The summed E-state index contributed by atoms with van der Waals surface area (Å²) in [7, 11) is 0. The minimum Gasteiger partial charge on any atom is -0.352 e. The third-order valence-corrected chi connectivity index (χ3v) is 5.01. The fraction of sp³-hybridized carbons (Fsp3) is 0.412. The van der Waals surface area contributed by atoms with Crippen molar-refractivity contribution in [3.63, 3.8) is 0 Å². The normalized spacial score (nSPS) is 16.9. The highest BCUT2D eigenvalue weighted by atomic mass is 32.1. The Morgan fingerprint density at radius 1 is 1.37 bits per heavy atom. The minimum absolute atomic E-state index is 0.00688. The second-order valence-corrected chi connectivity index (χ2v) is 7.05. The molecule has 1 aliphatic rings. The van der Waals surface area contributed by atoms with Crippen molar-refractivity contribution in [2.24, 2.45) is 5.92 Å². The van der Waals surface area contributed by atoms with Crippen LogP contribution in [0.3, 0.4) is 0 Å². The van der Waals surface area contributed by atoms with Gasteiger partial charge < -0.3 is 10.2 Å². The molecule has 2 aromatic rings. The first kappa shape index (κ1) is 19.2. The number of halogens is 2. The summed E-state index contributed by atoms with van der Waals surface area (Å²) in [6.45, 7) is 2.59. The molecule has 2 heterocycles. The number of nitrogens with one attached hydrogen (secondary N) is 2. The molecular weight excluding hydrogens is 376 g/mol. The number of benzene rings is 1. The SMILES string of the molecule is CC(=O)Nc1nsc(N2CCCC(C(=O)NCc3ccc(F)cc3F)C2)n1. The number of hydrogen-bond acceptors (Lipinski definition) is 6. The van der Waals surface area contributed by atoms with Crippen LogP contribution in [0.25, 0.3) is 0 Å². The Bertz CT molecular complexity index is 844. The van der Waals surface area contributed by atoms with Gasteiger partial charge in [-0.15, -0.1) is 0 Å². The molecular formula is C17H19F2N5O2S. The smallest absolute Gasteiger partial charge is 0.243 e. The highest BCUT2D eigenvalue weighted by molar-refractivity contribution is 7.09. The van der Waals surface area contributed by atoms with Gasteiger partial charge in [0.25, 0.3) is 0 Å². The lowest BCUT2D eigenvalue weighted by molar-refractivity contribution is -0.125. The molecule has 1 aliphatic heterocycles. The number of rotatable bonds is 5. The molecule has 1 aromatic carbocycles. The number of carbonyl (C=O) groups is 2. The van der Waals surface area contributed by atoms with Crippen molar-refractivity contribution >= 4 is 34.4 Å². The van der Waals surface area contributed by atoms with E-state index in [9.17, 15) is 18.4 Å². The molecule has 0 spiro atoms. The van der Waals surface area contributed by atoms with E-state index in [1.807, 2.05) is 4.90 Å². The van der Waals surface area contributed by atoms with E-state index in [0.717, 1.165) is 36.6 Å². The van der Waals surface area contributed by atoms with E-state index < -0.39 is 11.6 Å². The maximum absolute atomic E-state index is 13.7. The molecule has 2 N–H and O–H groups in total. The molecule has 3 rings (SSSR count). The zero-order valence-electron chi connectivity index (χ0n) is 14.7. The Balaban J connectivity index is 1.57. The van der Waals surface area contributed by atoms with E-state index >= 15 is 0 Å². The maximum Gasteiger partial charge on any atom is 0.243 e. The Morgan fingerprint density at radius 3 is 2.93 bits per heavy atom. The van der Waals surface area contributed by atoms with Gasteiger partial charge in [-0.2, -0.15) is 9.36 Å². The molecule has 27 heavy (non-hydrogen) atoms. The number of amides is 2. The van der Waals surface area contributed by atoms with Crippen molar-refractivity contribution < 1.29 is 18.4 Å². The Kier molecular flexibility index (Phi) is 5.94. The van der Waals surface area contributed by atoms with Gasteiger partial charge in [0, 0.05) is 49.7 Å². The molecule has 1 saturated heterocycles. The highest BCUT2D eigenvalue weighted by Crippen LogP contribution is 2.26. The van der Waals surface area contributed by atoms with Crippen molar-refractivity contribution in [2.45, 2.75) is 26.3 Å². The zero-order chi connectivity index (χ0) is 19.4. The van der Waals surface area contributed by atoms with Crippen molar-refractivity contribution in [2.75, 3.05) is 23.3 Å². The van der Waals surface area contributed by atoms with Gasteiger partial charge in [-0.1, -0.05) is 6.07 Å². The molecule has 0 aliphatic carbocycles. The van der Waals surface area contributed by atoms with Crippen LogP contribution >= 0.6 is 11.5 Å². The van der Waals surface area contributed by atoms with E-state index in [4.69, 9.17) is 0 Å². The highest BCUT2D eigenvalue weighted by Gasteiger charge is 2.27. The fourth-order valence-corrected chi connectivity index (χ4v) is 3.57. The second kappa shape index (κ2) is 8.38. The van der Waals surface area contributed by atoms with Gasteiger partial charge in [0.05, 0.1) is 5.92 Å². The van der Waals surface area contributed by atoms with Crippen LogP contribution in [0, 0.1) is 17.6 Å². The van der Waals surface area contributed by atoms with Crippen LogP contribution in [0.15, 0.2) is 18.2 Å². The Labute approximate surface area is 159 Å². The van der Waals surface area contributed by atoms with E-state index in [0.29, 0.717) is 18.1 Å². The summed E-state index contributed by atoms with van der Waals surface area (Å²) < 4.78 is 30.7. The summed E-state index contributed by atoms with van der Waals surface area (Å²) in [4.78, 5) is 29.7. The second-order valence-electron chi connectivity index (χ2n) is 6.32. The van der Waals surface area contributed by atoms with Crippen LogP contribution in [0.5, 0.6) is 0 Å². The average Bonchev–Trinajstić information content (AvgIpc) is 3.08. The molecule has 144 valence electrons. The van der Waals surface area contributed by atoms with Crippen molar-refractivity contribution in [1.82, 2.24) is 14.7 Å². The van der Waals surface area contributed by atoms with Gasteiger partial charge in [0.1, 0.15) is 11.6 Å². The van der Waals surface area contributed by atoms with Crippen LogP contribution in [-0.2, 0) is 16.1 Å². The number of aromatic nitrogens is 2. The van der Waals surface area contributed by atoms with E-state index in [1.165, 1.54) is 13.0 Å². The Morgan fingerprint density at radius 2 is 2.19 bits per heavy atom. The third kappa shape index (κ3) is 4.97. The zero-order valence-corrected chi connectivity index (χ0v) is 15.5. The maximum atomic E-state index is 13.7. The summed E-state index contributed by atoms with van der Waals surface area (Å²) in [5.41, 5.74) is 0.237.